The summed E-state index contributed by atoms with van der Waals surface area (Å²) in [7, 11) is -3.58. The van der Waals surface area contributed by atoms with E-state index in [0.29, 0.717) is 5.56 Å². The zero-order chi connectivity index (χ0) is 20.7. The molecule has 2 aromatic rings. The molecular formula is C21H27N3O4S. The normalized spacial score (nSPS) is 15.2. The fourth-order valence-electron chi connectivity index (χ4n) is 3.09. The Morgan fingerprint density at radius 3 is 2.52 bits per heavy atom. The van der Waals surface area contributed by atoms with Crippen molar-refractivity contribution in [1.82, 2.24) is 14.9 Å². The molecule has 1 amide bonds. The van der Waals surface area contributed by atoms with Crippen molar-refractivity contribution in [2.45, 2.75) is 18.4 Å². The first kappa shape index (κ1) is 21.4. The Kier molecular flexibility index (Phi) is 7.38. The van der Waals surface area contributed by atoms with Gasteiger partial charge in [-0.15, -0.1) is 0 Å². The average Bonchev–Trinajstić information content (AvgIpc) is 2.72. The van der Waals surface area contributed by atoms with Crippen LogP contribution >= 0.6 is 0 Å². The van der Waals surface area contributed by atoms with Crippen LogP contribution in [0.2, 0.25) is 0 Å². The van der Waals surface area contributed by atoms with Crippen molar-refractivity contribution in [3.63, 3.8) is 0 Å². The molecule has 0 spiro atoms. The maximum atomic E-state index is 12.4. The van der Waals surface area contributed by atoms with Crippen LogP contribution in [0.4, 0.5) is 0 Å². The van der Waals surface area contributed by atoms with Crippen LogP contribution in [-0.2, 0) is 21.3 Å². The molecule has 7 nitrogen and oxygen atoms in total. The SMILES string of the molecule is Cc1ccc(S(=O)(=O)NCCNC(=O)c2cccc(CN3CCOCC3)c2)cc1. The van der Waals surface area contributed by atoms with E-state index in [4.69, 9.17) is 4.74 Å². The number of amides is 1. The number of hydrogen-bond acceptors (Lipinski definition) is 5. The van der Waals surface area contributed by atoms with Crippen molar-refractivity contribution in [3.8, 4) is 0 Å². The number of aryl methyl sites for hydroxylation is 1. The molecule has 0 radical (unpaired) electrons. The Balaban J connectivity index is 1.48. The minimum Gasteiger partial charge on any atom is -0.379 e. The van der Waals surface area contributed by atoms with Crippen molar-refractivity contribution in [2.75, 3.05) is 39.4 Å². The summed E-state index contributed by atoms with van der Waals surface area (Å²) in [5, 5.41) is 2.76. The van der Waals surface area contributed by atoms with Crippen molar-refractivity contribution in [3.05, 3.63) is 65.2 Å². The van der Waals surface area contributed by atoms with Gasteiger partial charge in [0, 0.05) is 38.3 Å². The maximum absolute atomic E-state index is 12.4. The molecule has 2 aromatic carbocycles. The number of nitrogens with zero attached hydrogens (tertiary/aromatic N) is 1. The first-order valence-electron chi connectivity index (χ1n) is 9.68. The molecule has 3 rings (SSSR count). The summed E-state index contributed by atoms with van der Waals surface area (Å²) in [6, 6.07) is 14.1. The number of sulfonamides is 1. The highest BCUT2D eigenvalue weighted by Gasteiger charge is 2.14. The summed E-state index contributed by atoms with van der Waals surface area (Å²) < 4.78 is 32.4. The van der Waals surface area contributed by atoms with Crippen molar-refractivity contribution >= 4 is 15.9 Å². The predicted molar refractivity (Wildman–Crippen MR) is 111 cm³/mol. The minimum atomic E-state index is -3.58. The molecule has 1 aliphatic heterocycles. The molecule has 156 valence electrons. The highest BCUT2D eigenvalue weighted by molar-refractivity contribution is 7.89. The van der Waals surface area contributed by atoms with Gasteiger partial charge in [0.1, 0.15) is 0 Å². The third kappa shape index (κ3) is 6.37. The molecule has 1 aliphatic rings. The van der Waals surface area contributed by atoms with Crippen LogP contribution < -0.4 is 10.0 Å². The lowest BCUT2D eigenvalue weighted by Crippen LogP contribution is -2.36. The average molecular weight is 418 g/mol. The van der Waals surface area contributed by atoms with E-state index >= 15 is 0 Å². The van der Waals surface area contributed by atoms with Gasteiger partial charge in [-0.3, -0.25) is 9.69 Å². The zero-order valence-electron chi connectivity index (χ0n) is 16.6. The number of nitrogens with one attached hydrogen (secondary N) is 2. The fourth-order valence-corrected chi connectivity index (χ4v) is 4.12. The molecule has 0 saturated carbocycles. The summed E-state index contributed by atoms with van der Waals surface area (Å²) in [4.78, 5) is 14.9. The highest BCUT2D eigenvalue weighted by Crippen LogP contribution is 2.11. The maximum Gasteiger partial charge on any atom is 0.251 e. The van der Waals surface area contributed by atoms with Gasteiger partial charge in [0.2, 0.25) is 10.0 Å². The highest BCUT2D eigenvalue weighted by atomic mass is 32.2. The van der Waals surface area contributed by atoms with E-state index in [9.17, 15) is 13.2 Å². The summed E-state index contributed by atoms with van der Waals surface area (Å²) >= 11 is 0. The van der Waals surface area contributed by atoms with Gasteiger partial charge < -0.3 is 10.1 Å². The number of hydrogen-bond donors (Lipinski definition) is 2. The number of ether oxygens (including phenoxy) is 1. The third-order valence-electron chi connectivity index (χ3n) is 4.73. The zero-order valence-corrected chi connectivity index (χ0v) is 17.4. The summed E-state index contributed by atoms with van der Waals surface area (Å²) in [6.07, 6.45) is 0. The molecule has 1 saturated heterocycles. The lowest BCUT2D eigenvalue weighted by Gasteiger charge is -2.26. The first-order valence-corrected chi connectivity index (χ1v) is 11.2. The van der Waals surface area contributed by atoms with E-state index in [1.807, 2.05) is 25.1 Å². The number of carbonyl (C=O) groups is 1. The van der Waals surface area contributed by atoms with E-state index in [-0.39, 0.29) is 23.9 Å². The molecular weight excluding hydrogens is 390 g/mol. The van der Waals surface area contributed by atoms with E-state index in [2.05, 4.69) is 14.9 Å². The summed E-state index contributed by atoms with van der Waals surface area (Å²) in [5.74, 6) is -0.219. The van der Waals surface area contributed by atoms with Gasteiger partial charge in [0.15, 0.2) is 0 Å². The van der Waals surface area contributed by atoms with Crippen LogP contribution in [0.5, 0.6) is 0 Å². The second-order valence-corrected chi connectivity index (χ2v) is 8.82. The number of carbonyl (C=O) groups excluding carboxylic acids is 1. The van der Waals surface area contributed by atoms with Gasteiger partial charge in [-0.05, 0) is 36.8 Å². The predicted octanol–water partition coefficient (Wildman–Crippen LogP) is 1.54. The van der Waals surface area contributed by atoms with Gasteiger partial charge in [-0.25, -0.2) is 13.1 Å². The molecule has 1 heterocycles. The smallest absolute Gasteiger partial charge is 0.251 e. The summed E-state index contributed by atoms with van der Waals surface area (Å²) in [6.45, 7) is 6.25. The third-order valence-corrected chi connectivity index (χ3v) is 6.21. The number of morpholine rings is 1. The molecule has 1 fully saturated rings. The van der Waals surface area contributed by atoms with Gasteiger partial charge in [-0.2, -0.15) is 0 Å². The molecule has 0 unspecified atom stereocenters. The Labute approximate surface area is 172 Å². The quantitative estimate of drug-likeness (QED) is 0.636. The summed E-state index contributed by atoms with van der Waals surface area (Å²) in [5.41, 5.74) is 2.63. The van der Waals surface area contributed by atoms with Crippen LogP contribution in [-0.4, -0.2) is 58.6 Å². The van der Waals surface area contributed by atoms with Gasteiger partial charge in [0.05, 0.1) is 18.1 Å². The van der Waals surface area contributed by atoms with Gasteiger partial charge in [-0.1, -0.05) is 29.8 Å². The second-order valence-electron chi connectivity index (χ2n) is 7.06. The van der Waals surface area contributed by atoms with Crippen LogP contribution in [0.1, 0.15) is 21.5 Å². The Hall–Kier alpha value is -2.26. The monoisotopic (exact) mass is 417 g/mol. The largest absolute Gasteiger partial charge is 0.379 e. The standard InChI is InChI=1S/C21H27N3O4S/c1-17-5-7-20(8-6-17)29(26,27)23-10-9-22-21(25)19-4-2-3-18(15-19)16-24-11-13-28-14-12-24/h2-8,15,23H,9-14,16H2,1H3,(H,22,25). The van der Waals surface area contributed by atoms with Crippen LogP contribution in [0.15, 0.2) is 53.4 Å². The Bertz CT molecular complexity index is 923. The number of rotatable bonds is 8. The van der Waals surface area contributed by atoms with Crippen LogP contribution in [0, 0.1) is 6.92 Å². The number of benzene rings is 2. The lowest BCUT2D eigenvalue weighted by molar-refractivity contribution is 0.0342. The second kappa shape index (κ2) is 9.98. The Morgan fingerprint density at radius 1 is 1.07 bits per heavy atom. The molecule has 8 heteroatoms. The molecule has 0 aromatic heterocycles. The molecule has 0 atom stereocenters. The lowest BCUT2D eigenvalue weighted by atomic mass is 10.1. The van der Waals surface area contributed by atoms with Crippen LogP contribution in [0.25, 0.3) is 0 Å². The van der Waals surface area contributed by atoms with Crippen molar-refractivity contribution in [2.24, 2.45) is 0 Å². The molecule has 29 heavy (non-hydrogen) atoms. The molecule has 0 bridgehead atoms. The van der Waals surface area contributed by atoms with Crippen molar-refractivity contribution in [1.29, 1.82) is 0 Å². The van der Waals surface area contributed by atoms with E-state index in [1.54, 1.807) is 30.3 Å². The molecule has 2 N–H and O–H groups in total. The van der Waals surface area contributed by atoms with Gasteiger partial charge in [0.25, 0.3) is 5.91 Å². The van der Waals surface area contributed by atoms with Crippen molar-refractivity contribution < 1.29 is 17.9 Å². The van der Waals surface area contributed by atoms with Gasteiger partial charge >= 0.3 is 0 Å². The Morgan fingerprint density at radius 2 is 1.79 bits per heavy atom. The molecule has 0 aliphatic carbocycles. The van der Waals surface area contributed by atoms with Crippen LogP contribution in [0.3, 0.4) is 0 Å². The minimum absolute atomic E-state index is 0.120. The van der Waals surface area contributed by atoms with E-state index in [0.717, 1.165) is 44.0 Å². The first-order chi connectivity index (χ1) is 13.9. The topological polar surface area (TPSA) is 87.7 Å². The fraction of sp³-hybridized carbons (Fsp3) is 0.381. The van der Waals surface area contributed by atoms with E-state index in [1.165, 1.54) is 0 Å². The van der Waals surface area contributed by atoms with E-state index < -0.39 is 10.0 Å².